The quantitative estimate of drug-likeness (QED) is 0.785. The number of pyridine rings is 1. The highest BCUT2D eigenvalue weighted by molar-refractivity contribution is 5.94. The fourth-order valence-electron chi connectivity index (χ4n) is 2.11. The minimum atomic E-state index is -0.0129. The molecule has 1 aromatic heterocycles. The Morgan fingerprint density at radius 1 is 1.47 bits per heavy atom. The average molecular weight is 235 g/mol. The number of rotatable bonds is 1. The van der Waals surface area contributed by atoms with E-state index in [0.717, 1.165) is 0 Å². The monoisotopic (exact) mass is 235 g/mol. The van der Waals surface area contributed by atoms with Gasteiger partial charge in [-0.05, 0) is 26.0 Å². The first-order valence-electron chi connectivity index (χ1n) is 5.72. The number of amides is 1. The van der Waals surface area contributed by atoms with Crippen molar-refractivity contribution in [3.8, 4) is 0 Å². The molecule has 1 amide bonds. The van der Waals surface area contributed by atoms with Crippen molar-refractivity contribution in [2.24, 2.45) is 0 Å². The van der Waals surface area contributed by atoms with Crippen LogP contribution < -0.4 is 5.73 Å². The van der Waals surface area contributed by atoms with Crippen molar-refractivity contribution in [1.29, 1.82) is 0 Å². The predicted octanol–water partition coefficient (Wildman–Crippen LogP) is 0.913. The number of nitrogens with zero attached hydrogens (tertiary/aromatic N) is 2. The number of anilines is 1. The highest BCUT2D eigenvalue weighted by atomic mass is 16.5. The summed E-state index contributed by atoms with van der Waals surface area (Å²) in [6.45, 7) is 5.17. The van der Waals surface area contributed by atoms with E-state index in [9.17, 15) is 4.79 Å². The third kappa shape index (κ3) is 2.74. The lowest BCUT2D eigenvalue weighted by Crippen LogP contribution is -2.48. The molecule has 0 saturated carbocycles. The van der Waals surface area contributed by atoms with Crippen LogP contribution in [0.3, 0.4) is 0 Å². The molecule has 0 aliphatic carbocycles. The predicted molar refractivity (Wildman–Crippen MR) is 64.6 cm³/mol. The van der Waals surface area contributed by atoms with Crippen LogP contribution in [0, 0.1) is 0 Å². The van der Waals surface area contributed by atoms with E-state index in [2.05, 4.69) is 4.98 Å². The van der Waals surface area contributed by atoms with Gasteiger partial charge in [-0.15, -0.1) is 0 Å². The van der Waals surface area contributed by atoms with Crippen molar-refractivity contribution in [3.63, 3.8) is 0 Å². The summed E-state index contributed by atoms with van der Waals surface area (Å²) in [6, 6.07) is 3.29. The molecule has 1 aliphatic heterocycles. The summed E-state index contributed by atoms with van der Waals surface area (Å²) in [5.74, 6) is 0.353. The molecule has 5 nitrogen and oxygen atoms in total. The minimum absolute atomic E-state index is 0.0129. The maximum absolute atomic E-state index is 12.2. The lowest BCUT2D eigenvalue weighted by Gasteiger charge is -2.35. The molecule has 1 fully saturated rings. The van der Waals surface area contributed by atoms with Gasteiger partial charge in [0.15, 0.2) is 0 Å². The van der Waals surface area contributed by atoms with Crippen LogP contribution in [-0.2, 0) is 4.74 Å². The zero-order valence-corrected chi connectivity index (χ0v) is 10.1. The first-order chi connectivity index (χ1) is 8.06. The number of hydrogen-bond donors (Lipinski definition) is 1. The standard InChI is InChI=1S/C12H17N3O2/c1-8-6-15(7-9(2)17-8)12(16)10-3-4-14-11(13)5-10/h3-5,8-9H,6-7H2,1-2H3,(H2,13,14). The van der Waals surface area contributed by atoms with E-state index in [1.165, 1.54) is 0 Å². The average Bonchev–Trinajstić information content (AvgIpc) is 2.26. The van der Waals surface area contributed by atoms with E-state index in [1.807, 2.05) is 13.8 Å². The third-order valence-electron chi connectivity index (χ3n) is 2.73. The number of morpholine rings is 1. The van der Waals surface area contributed by atoms with Gasteiger partial charge in [0, 0.05) is 24.8 Å². The van der Waals surface area contributed by atoms with E-state index in [-0.39, 0.29) is 18.1 Å². The van der Waals surface area contributed by atoms with Crippen LogP contribution in [0.15, 0.2) is 18.3 Å². The molecule has 2 unspecified atom stereocenters. The molecule has 0 radical (unpaired) electrons. The molecule has 17 heavy (non-hydrogen) atoms. The molecule has 92 valence electrons. The lowest BCUT2D eigenvalue weighted by molar-refractivity contribution is -0.0586. The maximum Gasteiger partial charge on any atom is 0.254 e. The highest BCUT2D eigenvalue weighted by Gasteiger charge is 2.26. The summed E-state index contributed by atoms with van der Waals surface area (Å²) in [4.78, 5) is 17.9. The van der Waals surface area contributed by atoms with Crippen LogP contribution in [0.25, 0.3) is 0 Å². The Balaban J connectivity index is 2.14. The molecule has 0 spiro atoms. The van der Waals surface area contributed by atoms with E-state index in [0.29, 0.717) is 24.5 Å². The molecule has 2 heterocycles. The molecule has 1 aliphatic rings. The molecular formula is C12H17N3O2. The Morgan fingerprint density at radius 3 is 2.71 bits per heavy atom. The second-order valence-corrected chi connectivity index (χ2v) is 4.44. The van der Waals surface area contributed by atoms with Gasteiger partial charge in [0.2, 0.25) is 0 Å². The van der Waals surface area contributed by atoms with Crippen LogP contribution in [0.5, 0.6) is 0 Å². The van der Waals surface area contributed by atoms with Crippen molar-refractivity contribution in [2.75, 3.05) is 18.8 Å². The Morgan fingerprint density at radius 2 is 2.12 bits per heavy atom. The van der Waals surface area contributed by atoms with Gasteiger partial charge >= 0.3 is 0 Å². The van der Waals surface area contributed by atoms with Crippen molar-refractivity contribution in [3.05, 3.63) is 23.9 Å². The highest BCUT2D eigenvalue weighted by Crippen LogP contribution is 2.14. The number of carbonyl (C=O) groups is 1. The van der Waals surface area contributed by atoms with Crippen molar-refractivity contribution >= 4 is 11.7 Å². The summed E-state index contributed by atoms with van der Waals surface area (Å²) < 4.78 is 5.60. The molecular weight excluding hydrogens is 218 g/mol. The molecule has 5 heteroatoms. The van der Waals surface area contributed by atoms with Crippen LogP contribution in [0.1, 0.15) is 24.2 Å². The van der Waals surface area contributed by atoms with Gasteiger partial charge in [0.05, 0.1) is 12.2 Å². The molecule has 2 rings (SSSR count). The van der Waals surface area contributed by atoms with Gasteiger partial charge in [-0.2, -0.15) is 0 Å². The third-order valence-corrected chi connectivity index (χ3v) is 2.73. The summed E-state index contributed by atoms with van der Waals surface area (Å²) in [7, 11) is 0. The molecule has 0 aromatic carbocycles. The molecule has 1 saturated heterocycles. The van der Waals surface area contributed by atoms with Crippen molar-refractivity contribution in [1.82, 2.24) is 9.88 Å². The number of ether oxygens (including phenoxy) is 1. The van der Waals surface area contributed by atoms with Crippen LogP contribution in [0.2, 0.25) is 0 Å². The lowest BCUT2D eigenvalue weighted by atomic mass is 10.1. The second-order valence-electron chi connectivity index (χ2n) is 4.44. The summed E-state index contributed by atoms with van der Waals surface area (Å²) in [6.07, 6.45) is 1.69. The Kier molecular flexibility index (Phi) is 3.28. The minimum Gasteiger partial charge on any atom is -0.384 e. The van der Waals surface area contributed by atoms with Gasteiger partial charge in [-0.1, -0.05) is 0 Å². The van der Waals surface area contributed by atoms with E-state index in [4.69, 9.17) is 10.5 Å². The number of aromatic nitrogens is 1. The van der Waals surface area contributed by atoms with E-state index in [1.54, 1.807) is 23.2 Å². The van der Waals surface area contributed by atoms with E-state index < -0.39 is 0 Å². The normalized spacial score (nSPS) is 24.7. The summed E-state index contributed by atoms with van der Waals surface area (Å²) >= 11 is 0. The van der Waals surface area contributed by atoms with Crippen LogP contribution in [-0.4, -0.2) is 41.1 Å². The molecule has 0 bridgehead atoms. The SMILES string of the molecule is CC1CN(C(=O)c2ccnc(N)c2)CC(C)O1. The number of nitrogen functional groups attached to an aromatic ring is 1. The number of carbonyl (C=O) groups excluding carboxylic acids is 1. The summed E-state index contributed by atoms with van der Waals surface area (Å²) in [5.41, 5.74) is 6.16. The first kappa shape index (κ1) is 11.9. The molecule has 2 N–H and O–H groups in total. The van der Waals surface area contributed by atoms with E-state index >= 15 is 0 Å². The molecule has 2 atom stereocenters. The van der Waals surface area contributed by atoms with Gasteiger partial charge in [-0.3, -0.25) is 4.79 Å². The molecule has 1 aromatic rings. The van der Waals surface area contributed by atoms with Gasteiger partial charge < -0.3 is 15.4 Å². The Bertz CT molecular complexity index is 412. The Hall–Kier alpha value is -1.62. The van der Waals surface area contributed by atoms with Crippen LogP contribution >= 0.6 is 0 Å². The van der Waals surface area contributed by atoms with Gasteiger partial charge in [0.1, 0.15) is 5.82 Å². The fraction of sp³-hybridized carbons (Fsp3) is 0.500. The van der Waals surface area contributed by atoms with Crippen molar-refractivity contribution in [2.45, 2.75) is 26.1 Å². The van der Waals surface area contributed by atoms with Crippen molar-refractivity contribution < 1.29 is 9.53 Å². The van der Waals surface area contributed by atoms with Gasteiger partial charge in [0.25, 0.3) is 5.91 Å². The summed E-state index contributed by atoms with van der Waals surface area (Å²) in [5, 5.41) is 0. The zero-order chi connectivity index (χ0) is 12.4. The number of hydrogen-bond acceptors (Lipinski definition) is 4. The zero-order valence-electron chi connectivity index (χ0n) is 10.1. The number of nitrogens with two attached hydrogens (primary N) is 1. The smallest absolute Gasteiger partial charge is 0.254 e. The van der Waals surface area contributed by atoms with Crippen LogP contribution in [0.4, 0.5) is 5.82 Å². The topological polar surface area (TPSA) is 68.5 Å². The van der Waals surface area contributed by atoms with Gasteiger partial charge in [-0.25, -0.2) is 4.98 Å². The Labute approximate surface area is 101 Å². The second kappa shape index (κ2) is 4.71. The maximum atomic E-state index is 12.2. The fourth-order valence-corrected chi connectivity index (χ4v) is 2.11. The first-order valence-corrected chi connectivity index (χ1v) is 5.72. The largest absolute Gasteiger partial charge is 0.384 e.